The van der Waals surface area contributed by atoms with Gasteiger partial charge in [0.25, 0.3) is 5.91 Å². The summed E-state index contributed by atoms with van der Waals surface area (Å²) < 4.78 is 0. The quantitative estimate of drug-likeness (QED) is 0.426. The van der Waals surface area contributed by atoms with Gasteiger partial charge in [-0.25, -0.2) is 0 Å². The molecule has 0 fully saturated rings. The first kappa shape index (κ1) is 13.0. The maximum atomic E-state index is 11.7. The topological polar surface area (TPSA) is 101 Å². The van der Waals surface area contributed by atoms with E-state index < -0.39 is 5.66 Å². The third-order valence-corrected chi connectivity index (χ3v) is 2.14. The lowest BCUT2D eigenvalue weighted by Gasteiger charge is -2.22. The van der Waals surface area contributed by atoms with E-state index in [2.05, 4.69) is 11.2 Å². The van der Waals surface area contributed by atoms with Crippen molar-refractivity contribution in [1.82, 2.24) is 5.32 Å². The second kappa shape index (κ2) is 5.34. The molecule has 0 saturated carbocycles. The molecule has 1 aromatic rings. The second-order valence-corrected chi connectivity index (χ2v) is 3.84. The average molecular weight is 233 g/mol. The SMILES string of the molecule is C#CCC(N)(N)CNC(=O)c1ccc(O)cc1. The highest BCUT2D eigenvalue weighted by molar-refractivity contribution is 5.94. The van der Waals surface area contributed by atoms with Gasteiger partial charge in [-0.05, 0) is 24.3 Å². The van der Waals surface area contributed by atoms with Crippen molar-refractivity contribution in [3.63, 3.8) is 0 Å². The molecule has 0 saturated heterocycles. The Morgan fingerprint density at radius 1 is 1.41 bits per heavy atom. The van der Waals surface area contributed by atoms with Crippen LogP contribution in [-0.2, 0) is 0 Å². The highest BCUT2D eigenvalue weighted by Gasteiger charge is 2.18. The van der Waals surface area contributed by atoms with Crippen molar-refractivity contribution in [3.8, 4) is 18.1 Å². The van der Waals surface area contributed by atoms with E-state index in [9.17, 15) is 4.79 Å². The van der Waals surface area contributed by atoms with Crippen molar-refractivity contribution >= 4 is 5.91 Å². The monoisotopic (exact) mass is 233 g/mol. The third-order valence-electron chi connectivity index (χ3n) is 2.14. The maximum Gasteiger partial charge on any atom is 0.251 e. The molecule has 17 heavy (non-hydrogen) atoms. The van der Waals surface area contributed by atoms with E-state index in [-0.39, 0.29) is 24.6 Å². The summed E-state index contributed by atoms with van der Waals surface area (Å²) in [6.07, 6.45) is 5.27. The molecule has 5 heteroatoms. The van der Waals surface area contributed by atoms with Crippen molar-refractivity contribution in [2.24, 2.45) is 11.5 Å². The number of aromatic hydroxyl groups is 1. The van der Waals surface area contributed by atoms with Crippen LogP contribution in [0.15, 0.2) is 24.3 Å². The molecular weight excluding hydrogens is 218 g/mol. The van der Waals surface area contributed by atoms with Gasteiger partial charge in [0.15, 0.2) is 0 Å². The van der Waals surface area contributed by atoms with Crippen LogP contribution in [0.25, 0.3) is 0 Å². The Morgan fingerprint density at radius 3 is 2.53 bits per heavy atom. The summed E-state index contributed by atoms with van der Waals surface area (Å²) >= 11 is 0. The Balaban J connectivity index is 2.56. The van der Waals surface area contributed by atoms with Crippen LogP contribution in [0.3, 0.4) is 0 Å². The van der Waals surface area contributed by atoms with Gasteiger partial charge in [0, 0.05) is 18.5 Å². The van der Waals surface area contributed by atoms with Gasteiger partial charge in [0.2, 0.25) is 0 Å². The van der Waals surface area contributed by atoms with Crippen LogP contribution in [0.2, 0.25) is 0 Å². The number of phenolic OH excluding ortho intramolecular Hbond substituents is 1. The zero-order valence-electron chi connectivity index (χ0n) is 9.31. The predicted molar refractivity (Wildman–Crippen MR) is 65.0 cm³/mol. The van der Waals surface area contributed by atoms with Crippen molar-refractivity contribution in [2.45, 2.75) is 12.1 Å². The van der Waals surface area contributed by atoms with Crippen molar-refractivity contribution in [2.75, 3.05) is 6.54 Å². The van der Waals surface area contributed by atoms with Crippen LogP contribution in [0.1, 0.15) is 16.8 Å². The summed E-state index contributed by atoms with van der Waals surface area (Å²) in [6.45, 7) is 0.0803. The van der Waals surface area contributed by atoms with Gasteiger partial charge >= 0.3 is 0 Å². The Kier molecular flexibility index (Phi) is 4.10. The van der Waals surface area contributed by atoms with Crippen LogP contribution in [0, 0.1) is 12.3 Å². The van der Waals surface area contributed by atoms with E-state index in [0.29, 0.717) is 5.56 Å². The normalized spacial score (nSPS) is 10.6. The molecule has 0 bridgehead atoms. The van der Waals surface area contributed by atoms with E-state index >= 15 is 0 Å². The van der Waals surface area contributed by atoms with Crippen molar-refractivity contribution in [1.29, 1.82) is 0 Å². The Hall–Kier alpha value is -2.03. The molecule has 90 valence electrons. The number of benzene rings is 1. The van der Waals surface area contributed by atoms with E-state index in [0.717, 1.165) is 0 Å². The second-order valence-electron chi connectivity index (χ2n) is 3.84. The minimum absolute atomic E-state index is 0.0803. The first-order valence-corrected chi connectivity index (χ1v) is 5.03. The number of nitrogens with two attached hydrogens (primary N) is 2. The molecule has 0 heterocycles. The number of terminal acetylenes is 1. The first-order chi connectivity index (χ1) is 7.94. The Morgan fingerprint density at radius 2 is 2.00 bits per heavy atom. The van der Waals surface area contributed by atoms with Crippen LogP contribution in [0.5, 0.6) is 5.75 Å². The summed E-state index contributed by atoms with van der Waals surface area (Å²) in [5, 5.41) is 11.7. The van der Waals surface area contributed by atoms with E-state index in [1.54, 1.807) is 0 Å². The van der Waals surface area contributed by atoms with Gasteiger partial charge in [-0.1, -0.05) is 0 Å². The lowest BCUT2D eigenvalue weighted by Crippen LogP contribution is -2.57. The van der Waals surface area contributed by atoms with Gasteiger partial charge in [-0.3, -0.25) is 4.79 Å². The Bertz CT molecular complexity index is 432. The number of hydrogen-bond donors (Lipinski definition) is 4. The molecule has 0 aliphatic rings. The number of amides is 1. The van der Waals surface area contributed by atoms with Gasteiger partial charge < -0.3 is 21.9 Å². The highest BCUT2D eigenvalue weighted by Crippen LogP contribution is 2.09. The molecule has 1 aromatic carbocycles. The number of nitrogens with one attached hydrogen (secondary N) is 1. The molecule has 0 aromatic heterocycles. The molecule has 5 nitrogen and oxygen atoms in total. The largest absolute Gasteiger partial charge is 0.508 e. The van der Waals surface area contributed by atoms with Crippen LogP contribution in [0.4, 0.5) is 0 Å². The average Bonchev–Trinajstić information content (AvgIpc) is 2.27. The molecule has 0 spiro atoms. The number of carbonyl (C=O) groups excluding carboxylic acids is 1. The smallest absolute Gasteiger partial charge is 0.251 e. The predicted octanol–water partition coefficient (Wildman–Crippen LogP) is -0.241. The molecule has 1 amide bonds. The summed E-state index contributed by atoms with van der Waals surface area (Å²) in [6, 6.07) is 5.85. The summed E-state index contributed by atoms with van der Waals surface area (Å²) in [4.78, 5) is 11.7. The number of hydrogen-bond acceptors (Lipinski definition) is 4. The van der Waals surface area contributed by atoms with Gasteiger partial charge in [-0.2, -0.15) is 0 Å². The standard InChI is InChI=1S/C12H15N3O2/c1-2-7-12(13,14)8-15-11(17)9-3-5-10(16)6-4-9/h1,3-6,16H,7-8,13-14H2,(H,15,17). The van der Waals surface area contributed by atoms with E-state index in [1.165, 1.54) is 24.3 Å². The van der Waals surface area contributed by atoms with Crippen LogP contribution < -0.4 is 16.8 Å². The van der Waals surface area contributed by atoms with Crippen LogP contribution >= 0.6 is 0 Å². The molecular formula is C12H15N3O2. The van der Waals surface area contributed by atoms with E-state index in [1.807, 2.05) is 0 Å². The van der Waals surface area contributed by atoms with Crippen molar-refractivity contribution < 1.29 is 9.90 Å². The van der Waals surface area contributed by atoms with Crippen LogP contribution in [-0.4, -0.2) is 23.2 Å². The summed E-state index contributed by atoms with van der Waals surface area (Å²) in [5.41, 5.74) is 10.6. The van der Waals surface area contributed by atoms with Gasteiger partial charge in [0.1, 0.15) is 5.75 Å². The zero-order chi connectivity index (χ0) is 12.9. The first-order valence-electron chi connectivity index (χ1n) is 5.03. The molecule has 0 aliphatic heterocycles. The van der Waals surface area contributed by atoms with Gasteiger partial charge in [-0.15, -0.1) is 12.3 Å². The lowest BCUT2D eigenvalue weighted by molar-refractivity contribution is 0.0944. The molecule has 0 atom stereocenters. The molecule has 1 rings (SSSR count). The minimum atomic E-state index is -1.11. The fraction of sp³-hybridized carbons (Fsp3) is 0.250. The van der Waals surface area contributed by atoms with E-state index in [4.69, 9.17) is 23.0 Å². The zero-order valence-corrected chi connectivity index (χ0v) is 9.31. The third kappa shape index (κ3) is 4.15. The molecule has 0 radical (unpaired) electrons. The lowest BCUT2D eigenvalue weighted by atomic mass is 10.1. The number of carbonyl (C=O) groups is 1. The fourth-order valence-corrected chi connectivity index (χ4v) is 1.21. The molecule has 0 unspecified atom stereocenters. The molecule has 0 aliphatic carbocycles. The Labute approximate surface area is 99.8 Å². The van der Waals surface area contributed by atoms with Gasteiger partial charge in [0.05, 0.1) is 5.66 Å². The highest BCUT2D eigenvalue weighted by atomic mass is 16.3. The number of rotatable bonds is 4. The summed E-state index contributed by atoms with van der Waals surface area (Å²) in [5.74, 6) is 2.13. The summed E-state index contributed by atoms with van der Waals surface area (Å²) in [7, 11) is 0. The minimum Gasteiger partial charge on any atom is -0.508 e. The molecule has 6 N–H and O–H groups in total. The number of phenols is 1. The maximum absolute atomic E-state index is 11.7. The van der Waals surface area contributed by atoms with Crippen molar-refractivity contribution in [3.05, 3.63) is 29.8 Å². The fourth-order valence-electron chi connectivity index (χ4n) is 1.21.